The normalized spacial score (nSPS) is 11.1. The second-order valence-electron chi connectivity index (χ2n) is 12.3. The van der Waals surface area contributed by atoms with Crippen LogP contribution in [0.25, 0.3) is 22.3 Å². The van der Waals surface area contributed by atoms with Crippen LogP contribution in [-0.2, 0) is 44.9 Å². The number of hydrogen-bond donors (Lipinski definition) is 2. The Morgan fingerprint density at radius 2 is 1.24 bits per heavy atom. The summed E-state index contributed by atoms with van der Waals surface area (Å²) < 4.78 is 5.79. The van der Waals surface area contributed by atoms with Crippen molar-refractivity contribution in [1.29, 1.82) is 0 Å². The van der Waals surface area contributed by atoms with Gasteiger partial charge in [-0.25, -0.2) is 4.79 Å². The van der Waals surface area contributed by atoms with Crippen molar-refractivity contribution in [3.63, 3.8) is 0 Å². The third kappa shape index (κ3) is 9.51. The van der Waals surface area contributed by atoms with Gasteiger partial charge in [-0.15, -0.1) is 0 Å². The first kappa shape index (κ1) is 33.4. The number of ether oxygens (including phenoxy) is 1. The monoisotopic (exact) mass is 608 g/mol. The van der Waals surface area contributed by atoms with E-state index < -0.39 is 11.9 Å². The van der Waals surface area contributed by atoms with E-state index in [-0.39, 0.29) is 13.0 Å². The molecule has 0 saturated carbocycles. The molecule has 0 aromatic heterocycles. The largest absolute Gasteiger partial charge is 0.482 e. The Bertz CT molecular complexity index is 1600. The van der Waals surface area contributed by atoms with Gasteiger partial charge >= 0.3 is 11.9 Å². The minimum atomic E-state index is -0.627. The molecule has 4 rings (SSSR count). The number of benzene rings is 4. The van der Waals surface area contributed by atoms with E-state index in [0.29, 0.717) is 24.0 Å². The summed E-state index contributed by atoms with van der Waals surface area (Å²) in [6, 6.07) is 29.8. The first-order valence-corrected chi connectivity index (χ1v) is 15.5. The summed E-state index contributed by atoms with van der Waals surface area (Å²) in [6.45, 7) is 8.50. The minimum absolute atomic E-state index is 0.243. The molecule has 7 nitrogen and oxygen atoms in total. The lowest BCUT2D eigenvalue weighted by molar-refractivity contribution is -0.146. The van der Waals surface area contributed by atoms with E-state index in [0.717, 1.165) is 47.1 Å². The number of rotatable bonds is 14. The highest BCUT2D eigenvalue weighted by atomic mass is 16.7. The molecule has 0 aliphatic carbocycles. The van der Waals surface area contributed by atoms with Gasteiger partial charge < -0.3 is 14.4 Å². The molecule has 7 heteroatoms. The molecular formula is C38H44N2O5. The van der Waals surface area contributed by atoms with E-state index in [1.54, 1.807) is 0 Å². The van der Waals surface area contributed by atoms with Crippen LogP contribution in [0.15, 0.2) is 84.9 Å². The predicted octanol–water partition coefficient (Wildman–Crippen LogP) is 7.15. The summed E-state index contributed by atoms with van der Waals surface area (Å²) in [5.41, 5.74) is 10.4. The molecule has 236 valence electrons. The molecule has 45 heavy (non-hydrogen) atoms. The van der Waals surface area contributed by atoms with Crippen molar-refractivity contribution in [1.82, 2.24) is 0 Å². The molecule has 4 aromatic carbocycles. The zero-order chi connectivity index (χ0) is 32.3. The Hall–Kier alpha value is -4.46. The van der Waals surface area contributed by atoms with E-state index in [1.807, 2.05) is 18.2 Å². The molecule has 4 N–H and O–H groups in total. The van der Waals surface area contributed by atoms with Crippen LogP contribution in [0.3, 0.4) is 0 Å². The van der Waals surface area contributed by atoms with Gasteiger partial charge in [-0.3, -0.25) is 4.79 Å². The molecule has 0 atom stereocenters. The van der Waals surface area contributed by atoms with Gasteiger partial charge in [0.15, 0.2) is 6.61 Å². The molecule has 0 aliphatic rings. The number of carbonyl (C=O) groups excluding carboxylic acids is 2. The summed E-state index contributed by atoms with van der Waals surface area (Å²) in [7, 11) is 0. The lowest BCUT2D eigenvalue weighted by Crippen LogP contribution is -2.18. The van der Waals surface area contributed by atoms with Gasteiger partial charge in [0, 0.05) is 0 Å². The third-order valence-corrected chi connectivity index (χ3v) is 7.68. The molecule has 0 spiro atoms. The molecule has 0 fully saturated rings. The summed E-state index contributed by atoms with van der Waals surface area (Å²) >= 11 is 0. The van der Waals surface area contributed by atoms with Crippen LogP contribution in [0.4, 0.5) is 0 Å². The Kier molecular flexibility index (Phi) is 11.9. The molecule has 0 saturated heterocycles. The van der Waals surface area contributed by atoms with Crippen LogP contribution < -0.4 is 16.5 Å². The lowest BCUT2D eigenvalue weighted by atomic mass is 9.87. The highest BCUT2D eigenvalue weighted by Crippen LogP contribution is 2.36. The smallest absolute Gasteiger partial charge is 0.362 e. The van der Waals surface area contributed by atoms with Gasteiger partial charge in [0.25, 0.3) is 0 Å². The maximum atomic E-state index is 11.7. The SMILES string of the molecule is CC(C)Cc1cc(-c2ccc(-c3ccc(CCC(=O)ON)cc3CC(C)C)cc2Cc2ccccc2)ccc1OCC(=O)ON. The van der Waals surface area contributed by atoms with Crippen LogP contribution >= 0.6 is 0 Å². The average Bonchev–Trinajstić information content (AvgIpc) is 3.02. The van der Waals surface area contributed by atoms with Crippen LogP contribution in [-0.4, -0.2) is 18.5 Å². The fourth-order valence-electron chi connectivity index (χ4n) is 5.66. The maximum absolute atomic E-state index is 11.7. The van der Waals surface area contributed by atoms with Crippen molar-refractivity contribution >= 4 is 11.9 Å². The zero-order valence-corrected chi connectivity index (χ0v) is 26.7. The number of hydrogen-bond acceptors (Lipinski definition) is 7. The van der Waals surface area contributed by atoms with E-state index in [2.05, 4.69) is 104 Å². The molecule has 0 heterocycles. The Morgan fingerprint density at radius 1 is 0.644 bits per heavy atom. The first-order chi connectivity index (χ1) is 21.7. The standard InChI is InChI=1S/C38H44N2O5/c1-25(2)18-31-21-28(11-17-37(41)44-39)10-14-34(31)29-12-15-35(32(22-29)20-27-8-6-5-7-9-27)30-13-16-36(43-24-38(42)45-40)33(23-30)19-26(3)4/h5-10,12-16,21-23,25-26H,11,17-20,24,39-40H2,1-4H3. The van der Waals surface area contributed by atoms with Crippen molar-refractivity contribution in [3.8, 4) is 28.0 Å². The number of aryl methyl sites for hydroxylation is 1. The number of carbonyl (C=O) groups is 2. The highest BCUT2D eigenvalue weighted by Gasteiger charge is 2.16. The van der Waals surface area contributed by atoms with Crippen LogP contribution in [0.2, 0.25) is 0 Å². The van der Waals surface area contributed by atoms with Crippen molar-refractivity contribution in [3.05, 3.63) is 113 Å². The first-order valence-electron chi connectivity index (χ1n) is 15.5. The Labute approximate surface area is 266 Å². The van der Waals surface area contributed by atoms with Gasteiger partial charge in [0.05, 0.1) is 6.42 Å². The Balaban J connectivity index is 1.78. The summed E-state index contributed by atoms with van der Waals surface area (Å²) in [6.07, 6.45) is 3.29. The molecule has 0 unspecified atom stereocenters. The van der Waals surface area contributed by atoms with E-state index in [4.69, 9.17) is 16.5 Å². The molecule has 0 bridgehead atoms. The molecule has 4 aromatic rings. The molecule has 0 amide bonds. The second kappa shape index (κ2) is 16.0. The van der Waals surface area contributed by atoms with Crippen LogP contribution in [0.5, 0.6) is 5.75 Å². The topological polar surface area (TPSA) is 114 Å². The van der Waals surface area contributed by atoms with Gasteiger partial charge in [0.1, 0.15) is 5.75 Å². The fraction of sp³-hybridized carbons (Fsp3) is 0.316. The fourth-order valence-corrected chi connectivity index (χ4v) is 5.66. The van der Waals surface area contributed by atoms with Gasteiger partial charge in [-0.1, -0.05) is 100 Å². The van der Waals surface area contributed by atoms with Crippen LogP contribution in [0.1, 0.15) is 61.9 Å². The van der Waals surface area contributed by atoms with Gasteiger partial charge in [-0.2, -0.15) is 11.8 Å². The quantitative estimate of drug-likeness (QED) is 0.146. The third-order valence-electron chi connectivity index (χ3n) is 7.68. The van der Waals surface area contributed by atoms with Gasteiger partial charge in [0.2, 0.25) is 0 Å². The van der Waals surface area contributed by atoms with E-state index in [1.165, 1.54) is 22.3 Å². The summed E-state index contributed by atoms with van der Waals surface area (Å²) in [4.78, 5) is 32.0. The molecule has 0 aliphatic heterocycles. The molecular weight excluding hydrogens is 564 g/mol. The minimum Gasteiger partial charge on any atom is -0.482 e. The zero-order valence-electron chi connectivity index (χ0n) is 26.7. The van der Waals surface area contributed by atoms with Crippen LogP contribution in [0, 0.1) is 11.8 Å². The van der Waals surface area contributed by atoms with Crippen molar-refractivity contribution in [2.75, 3.05) is 6.61 Å². The Morgan fingerprint density at radius 3 is 1.91 bits per heavy atom. The van der Waals surface area contributed by atoms with E-state index >= 15 is 0 Å². The molecule has 0 radical (unpaired) electrons. The average molecular weight is 609 g/mol. The summed E-state index contributed by atoms with van der Waals surface area (Å²) in [5.74, 6) is 10.5. The number of nitrogens with two attached hydrogens (primary N) is 2. The highest BCUT2D eigenvalue weighted by molar-refractivity contribution is 5.77. The maximum Gasteiger partial charge on any atom is 0.362 e. The second-order valence-corrected chi connectivity index (χ2v) is 12.3. The van der Waals surface area contributed by atoms with E-state index in [9.17, 15) is 9.59 Å². The van der Waals surface area contributed by atoms with Gasteiger partial charge in [-0.05, 0) is 99.7 Å². The van der Waals surface area contributed by atoms with Crippen molar-refractivity contribution in [2.24, 2.45) is 23.6 Å². The van der Waals surface area contributed by atoms with Crippen molar-refractivity contribution in [2.45, 2.75) is 59.8 Å². The lowest BCUT2D eigenvalue weighted by Gasteiger charge is -2.19. The summed E-state index contributed by atoms with van der Waals surface area (Å²) in [5, 5.41) is 0. The van der Waals surface area contributed by atoms with Crippen molar-refractivity contribution < 1.29 is 24.0 Å². The predicted molar refractivity (Wildman–Crippen MR) is 178 cm³/mol.